The number of allylic oxidation sites excluding steroid dienone is 1. The Balaban J connectivity index is 1.56. The molecular formula is C25H31BrN4O. The lowest BCUT2D eigenvalue weighted by Crippen LogP contribution is -2.45. The summed E-state index contributed by atoms with van der Waals surface area (Å²) >= 11 is 3.55. The van der Waals surface area contributed by atoms with Crippen molar-refractivity contribution in [1.82, 2.24) is 9.80 Å². The van der Waals surface area contributed by atoms with Gasteiger partial charge in [0.1, 0.15) is 0 Å². The van der Waals surface area contributed by atoms with E-state index in [-0.39, 0.29) is 5.78 Å². The summed E-state index contributed by atoms with van der Waals surface area (Å²) in [7, 11) is 4.31. The first-order valence-corrected chi connectivity index (χ1v) is 11.8. The molecule has 0 spiro atoms. The van der Waals surface area contributed by atoms with Crippen molar-refractivity contribution in [3.63, 3.8) is 0 Å². The van der Waals surface area contributed by atoms with Gasteiger partial charge in [-0.15, -0.1) is 0 Å². The Morgan fingerprint density at radius 3 is 2.03 bits per heavy atom. The van der Waals surface area contributed by atoms with Crippen molar-refractivity contribution in [1.29, 1.82) is 0 Å². The Kier molecular flexibility index (Phi) is 7.10. The van der Waals surface area contributed by atoms with Crippen molar-refractivity contribution in [2.75, 3.05) is 76.3 Å². The number of benzene rings is 2. The second-order valence-electron chi connectivity index (χ2n) is 8.50. The molecule has 5 nitrogen and oxygen atoms in total. The number of para-hydroxylation sites is 1. The highest BCUT2D eigenvalue weighted by Gasteiger charge is 2.20. The molecule has 0 N–H and O–H groups in total. The molecule has 2 saturated heterocycles. The summed E-state index contributed by atoms with van der Waals surface area (Å²) in [6, 6.07) is 14.4. The molecule has 164 valence electrons. The fourth-order valence-electron chi connectivity index (χ4n) is 4.25. The summed E-state index contributed by atoms with van der Waals surface area (Å²) < 4.78 is 0.931. The van der Waals surface area contributed by atoms with E-state index < -0.39 is 0 Å². The minimum absolute atomic E-state index is 0.0448. The average molecular weight is 483 g/mol. The van der Waals surface area contributed by atoms with Crippen LogP contribution in [0.3, 0.4) is 0 Å². The summed E-state index contributed by atoms with van der Waals surface area (Å²) in [6.45, 7) is 8.04. The van der Waals surface area contributed by atoms with Gasteiger partial charge in [-0.3, -0.25) is 4.79 Å². The first-order chi connectivity index (χ1) is 15.0. The van der Waals surface area contributed by atoms with Gasteiger partial charge >= 0.3 is 0 Å². The van der Waals surface area contributed by atoms with Crippen LogP contribution >= 0.6 is 15.9 Å². The number of anilines is 2. The minimum Gasteiger partial charge on any atom is -0.368 e. The third kappa shape index (κ3) is 5.37. The van der Waals surface area contributed by atoms with Gasteiger partial charge in [-0.05, 0) is 56.1 Å². The van der Waals surface area contributed by atoms with Crippen LogP contribution in [0.15, 0.2) is 53.0 Å². The number of hydrogen-bond acceptors (Lipinski definition) is 5. The van der Waals surface area contributed by atoms with Crippen molar-refractivity contribution in [2.24, 2.45) is 0 Å². The lowest BCUT2D eigenvalue weighted by molar-refractivity contribution is 0.104. The highest BCUT2D eigenvalue weighted by atomic mass is 79.9. The molecule has 2 heterocycles. The van der Waals surface area contributed by atoms with Crippen LogP contribution in [-0.2, 0) is 0 Å². The number of nitrogens with zero attached hydrogens (tertiary/aromatic N) is 4. The summed E-state index contributed by atoms with van der Waals surface area (Å²) in [5, 5.41) is 0. The Morgan fingerprint density at radius 1 is 0.806 bits per heavy atom. The first kappa shape index (κ1) is 22.1. The van der Waals surface area contributed by atoms with Gasteiger partial charge in [0.15, 0.2) is 5.78 Å². The Morgan fingerprint density at radius 2 is 1.39 bits per heavy atom. The molecule has 0 radical (unpaired) electrons. The zero-order valence-corrected chi connectivity index (χ0v) is 20.0. The molecule has 31 heavy (non-hydrogen) atoms. The molecular weight excluding hydrogens is 452 g/mol. The molecule has 2 fully saturated rings. The molecule has 2 aliphatic heterocycles. The normalized spacial score (nSPS) is 18.7. The lowest BCUT2D eigenvalue weighted by Gasteiger charge is -2.35. The number of halogens is 1. The zero-order valence-electron chi connectivity index (χ0n) is 18.4. The van der Waals surface area contributed by atoms with Crippen LogP contribution in [-0.4, -0.2) is 82.0 Å². The lowest BCUT2D eigenvalue weighted by atomic mass is 10.0. The largest absolute Gasteiger partial charge is 0.368 e. The van der Waals surface area contributed by atoms with Crippen LogP contribution in [0.5, 0.6) is 0 Å². The molecule has 0 bridgehead atoms. The van der Waals surface area contributed by atoms with Crippen molar-refractivity contribution >= 4 is 39.2 Å². The van der Waals surface area contributed by atoms with Crippen LogP contribution < -0.4 is 9.80 Å². The van der Waals surface area contributed by atoms with Gasteiger partial charge in [-0.25, -0.2) is 0 Å². The molecule has 0 aromatic heterocycles. The Bertz CT molecular complexity index is 944. The Hall–Kier alpha value is -2.15. The summed E-state index contributed by atoms with van der Waals surface area (Å²) in [6.07, 6.45) is 3.71. The second kappa shape index (κ2) is 9.98. The standard InChI is InChI=1S/C25H31BrN4O/c1-27-11-15-29(16-12-27)23-6-4-3-5-20(23)7-10-25(31)22-19-21(26)8-9-24(22)30-17-13-28(2)14-18-30/h3-10,19H,11-18H2,1-2H3/b10-7+. The molecule has 2 aromatic rings. The SMILES string of the molecule is CN1CCN(c2ccccc2/C=C/C(=O)c2cc(Br)ccc2N2CCN(C)CC2)CC1. The summed E-state index contributed by atoms with van der Waals surface area (Å²) in [4.78, 5) is 22.7. The average Bonchev–Trinajstić information content (AvgIpc) is 2.79. The number of hydrogen-bond donors (Lipinski definition) is 0. The zero-order chi connectivity index (χ0) is 21.8. The number of rotatable bonds is 5. The van der Waals surface area contributed by atoms with Crippen LogP contribution in [0.2, 0.25) is 0 Å². The van der Waals surface area contributed by atoms with E-state index in [4.69, 9.17) is 0 Å². The smallest absolute Gasteiger partial charge is 0.187 e. The first-order valence-electron chi connectivity index (χ1n) is 11.0. The van der Waals surface area contributed by atoms with Crippen molar-refractivity contribution in [3.8, 4) is 0 Å². The van der Waals surface area contributed by atoms with E-state index in [0.29, 0.717) is 0 Å². The van der Waals surface area contributed by atoms with Gasteiger partial charge in [0, 0.05) is 73.8 Å². The van der Waals surface area contributed by atoms with Crippen LogP contribution in [0, 0.1) is 0 Å². The molecule has 0 atom stereocenters. The van der Waals surface area contributed by atoms with Crippen LogP contribution in [0.4, 0.5) is 11.4 Å². The summed E-state index contributed by atoms with van der Waals surface area (Å²) in [5.41, 5.74) is 4.08. The van der Waals surface area contributed by atoms with E-state index in [1.807, 2.05) is 24.3 Å². The van der Waals surface area contributed by atoms with E-state index in [1.54, 1.807) is 6.08 Å². The number of ketones is 1. The molecule has 0 aliphatic carbocycles. The molecule has 2 aliphatic rings. The molecule has 0 saturated carbocycles. The Labute approximate surface area is 194 Å². The van der Waals surface area contributed by atoms with E-state index >= 15 is 0 Å². The molecule has 2 aromatic carbocycles. The highest BCUT2D eigenvalue weighted by molar-refractivity contribution is 9.10. The molecule has 0 unspecified atom stereocenters. The molecule has 0 amide bonds. The maximum Gasteiger partial charge on any atom is 0.187 e. The van der Waals surface area contributed by atoms with E-state index in [1.165, 1.54) is 5.69 Å². The number of likely N-dealkylation sites (N-methyl/N-ethyl adjacent to an activating group) is 2. The van der Waals surface area contributed by atoms with E-state index in [9.17, 15) is 4.79 Å². The van der Waals surface area contributed by atoms with Crippen molar-refractivity contribution < 1.29 is 4.79 Å². The molecule has 6 heteroatoms. The van der Waals surface area contributed by atoms with Gasteiger partial charge in [0.25, 0.3) is 0 Å². The van der Waals surface area contributed by atoms with Gasteiger partial charge in [-0.1, -0.05) is 34.1 Å². The number of carbonyl (C=O) groups excluding carboxylic acids is 1. The van der Waals surface area contributed by atoms with Gasteiger partial charge in [-0.2, -0.15) is 0 Å². The van der Waals surface area contributed by atoms with Crippen LogP contribution in [0.1, 0.15) is 15.9 Å². The third-order valence-corrected chi connectivity index (χ3v) is 6.76. The number of piperazine rings is 2. The topological polar surface area (TPSA) is 30.0 Å². The van der Waals surface area contributed by atoms with E-state index in [2.05, 4.69) is 73.9 Å². The predicted molar refractivity (Wildman–Crippen MR) is 133 cm³/mol. The van der Waals surface area contributed by atoms with Crippen molar-refractivity contribution in [3.05, 3.63) is 64.1 Å². The highest BCUT2D eigenvalue weighted by Crippen LogP contribution is 2.28. The van der Waals surface area contributed by atoms with Gasteiger partial charge < -0.3 is 19.6 Å². The number of carbonyl (C=O) groups is 1. The van der Waals surface area contributed by atoms with Crippen LogP contribution in [0.25, 0.3) is 6.08 Å². The van der Waals surface area contributed by atoms with Gasteiger partial charge in [0.2, 0.25) is 0 Å². The molecule has 4 rings (SSSR count). The maximum atomic E-state index is 13.3. The minimum atomic E-state index is 0.0448. The maximum absolute atomic E-state index is 13.3. The predicted octanol–water partition coefficient (Wildman–Crippen LogP) is 3.85. The van der Waals surface area contributed by atoms with Gasteiger partial charge in [0.05, 0.1) is 0 Å². The summed E-state index contributed by atoms with van der Waals surface area (Å²) in [5.74, 6) is 0.0448. The van der Waals surface area contributed by atoms with E-state index in [0.717, 1.165) is 73.6 Å². The second-order valence-corrected chi connectivity index (χ2v) is 9.41. The third-order valence-electron chi connectivity index (χ3n) is 6.26. The fraction of sp³-hybridized carbons (Fsp3) is 0.400. The fourth-order valence-corrected chi connectivity index (χ4v) is 4.61. The quantitative estimate of drug-likeness (QED) is 0.476. The van der Waals surface area contributed by atoms with Crippen molar-refractivity contribution in [2.45, 2.75) is 0 Å². The monoisotopic (exact) mass is 482 g/mol.